The van der Waals surface area contributed by atoms with Gasteiger partial charge >= 0.3 is 0 Å². The van der Waals surface area contributed by atoms with Crippen LogP contribution >= 0.6 is 0 Å². The minimum absolute atomic E-state index is 0.0411. The van der Waals surface area contributed by atoms with Gasteiger partial charge in [-0.1, -0.05) is 18.2 Å². The molecule has 5 rings (SSSR count). The zero-order valence-corrected chi connectivity index (χ0v) is 16.2. The first kappa shape index (κ1) is 17.6. The van der Waals surface area contributed by atoms with E-state index in [-0.39, 0.29) is 12.3 Å². The van der Waals surface area contributed by atoms with E-state index in [0.29, 0.717) is 5.92 Å². The van der Waals surface area contributed by atoms with E-state index in [0.717, 1.165) is 47.9 Å². The van der Waals surface area contributed by atoms with E-state index in [1.165, 1.54) is 5.56 Å². The van der Waals surface area contributed by atoms with E-state index < -0.39 is 0 Å². The molecular formula is C22H22N6O. The highest BCUT2D eigenvalue weighted by Crippen LogP contribution is 2.29. The third kappa shape index (κ3) is 3.40. The van der Waals surface area contributed by atoms with Gasteiger partial charge < -0.3 is 14.3 Å². The summed E-state index contributed by atoms with van der Waals surface area (Å²) in [7, 11) is 0. The second kappa shape index (κ2) is 7.16. The highest BCUT2D eigenvalue weighted by Gasteiger charge is 2.21. The van der Waals surface area contributed by atoms with E-state index >= 15 is 0 Å². The first-order chi connectivity index (χ1) is 14.2. The van der Waals surface area contributed by atoms with Gasteiger partial charge in [0, 0.05) is 30.8 Å². The highest BCUT2D eigenvalue weighted by atomic mass is 16.1. The summed E-state index contributed by atoms with van der Waals surface area (Å²) >= 11 is 0. The number of nitrogens with one attached hydrogen (secondary N) is 1. The molecule has 4 heterocycles. The number of hydrogen-bond acceptors (Lipinski definition) is 4. The number of aryl methyl sites for hydroxylation is 2. The number of carbonyl (C=O) groups is 1. The normalized spacial score (nSPS) is 16.0. The largest absolute Gasteiger partial charge is 0.326 e. The fourth-order valence-corrected chi connectivity index (χ4v) is 4.13. The lowest BCUT2D eigenvalue weighted by molar-refractivity contribution is -0.115. The van der Waals surface area contributed by atoms with E-state index in [1.54, 1.807) is 6.33 Å². The standard InChI is InChI=1S/C22H22N6O/c1-15-19(28-10-3-2-7-20(28)24-15)12-22(29)25-18-6-4-5-16(11-18)17-8-9-21-26-23-14-27(21)13-17/h2-7,10-11,14,17H,8-9,12-13H2,1H3,(H,25,29)/t17-/m0/s1. The molecule has 7 nitrogen and oxygen atoms in total. The Morgan fingerprint density at radius 3 is 3.10 bits per heavy atom. The summed E-state index contributed by atoms with van der Waals surface area (Å²) < 4.78 is 4.09. The molecule has 1 aliphatic rings. The van der Waals surface area contributed by atoms with Crippen LogP contribution in [0.25, 0.3) is 5.65 Å². The molecule has 4 aromatic rings. The third-order valence-electron chi connectivity index (χ3n) is 5.63. The van der Waals surface area contributed by atoms with Crippen LogP contribution in [0.5, 0.6) is 0 Å². The van der Waals surface area contributed by atoms with Gasteiger partial charge in [0.1, 0.15) is 17.8 Å². The number of nitrogens with zero attached hydrogens (tertiary/aromatic N) is 5. The van der Waals surface area contributed by atoms with Crippen LogP contribution in [-0.4, -0.2) is 30.1 Å². The van der Waals surface area contributed by atoms with Gasteiger partial charge in [0.2, 0.25) is 5.91 Å². The van der Waals surface area contributed by atoms with Crippen LogP contribution in [0.1, 0.15) is 35.1 Å². The Labute approximate surface area is 168 Å². The third-order valence-corrected chi connectivity index (χ3v) is 5.63. The number of hydrogen-bond donors (Lipinski definition) is 1. The van der Waals surface area contributed by atoms with Crippen LogP contribution in [0.3, 0.4) is 0 Å². The summed E-state index contributed by atoms with van der Waals surface area (Å²) in [5, 5.41) is 11.2. The molecule has 0 saturated carbocycles. The first-order valence-electron chi connectivity index (χ1n) is 9.86. The Bertz CT molecular complexity index is 1190. The second-order valence-electron chi connectivity index (χ2n) is 7.56. The molecule has 1 aromatic carbocycles. The van der Waals surface area contributed by atoms with E-state index in [9.17, 15) is 4.79 Å². The van der Waals surface area contributed by atoms with Crippen molar-refractivity contribution in [1.29, 1.82) is 0 Å². The van der Waals surface area contributed by atoms with Crippen LogP contribution in [0.4, 0.5) is 5.69 Å². The number of amides is 1. The van der Waals surface area contributed by atoms with Crippen molar-refractivity contribution in [1.82, 2.24) is 24.1 Å². The average Bonchev–Trinajstić information content (AvgIpc) is 3.32. The number of imidazole rings is 1. The zero-order valence-electron chi connectivity index (χ0n) is 16.2. The molecule has 1 aliphatic heterocycles. The average molecular weight is 386 g/mol. The summed E-state index contributed by atoms with van der Waals surface area (Å²) in [5.41, 5.74) is 4.72. The minimum atomic E-state index is -0.0411. The summed E-state index contributed by atoms with van der Waals surface area (Å²) in [6.45, 7) is 2.82. The molecular weight excluding hydrogens is 364 g/mol. The molecule has 1 atom stereocenters. The second-order valence-corrected chi connectivity index (χ2v) is 7.56. The molecule has 146 valence electrons. The van der Waals surface area contributed by atoms with Gasteiger partial charge in [0.15, 0.2) is 0 Å². The fraction of sp³-hybridized carbons (Fsp3) is 0.273. The Morgan fingerprint density at radius 2 is 2.17 bits per heavy atom. The van der Waals surface area contributed by atoms with Gasteiger partial charge in [-0.25, -0.2) is 4.98 Å². The van der Waals surface area contributed by atoms with Gasteiger partial charge in [-0.15, -0.1) is 10.2 Å². The molecule has 7 heteroatoms. The number of aromatic nitrogens is 5. The summed E-state index contributed by atoms with van der Waals surface area (Å²) in [4.78, 5) is 17.3. The van der Waals surface area contributed by atoms with Crippen molar-refractivity contribution in [2.24, 2.45) is 0 Å². The molecule has 0 bridgehead atoms. The molecule has 0 fully saturated rings. The van der Waals surface area contributed by atoms with Crippen LogP contribution in [-0.2, 0) is 24.2 Å². The smallest absolute Gasteiger partial charge is 0.230 e. The number of fused-ring (bicyclic) bond motifs is 2. The fourth-order valence-electron chi connectivity index (χ4n) is 4.13. The van der Waals surface area contributed by atoms with E-state index in [1.807, 2.05) is 47.9 Å². The molecule has 1 amide bonds. The first-order valence-corrected chi connectivity index (χ1v) is 9.86. The Morgan fingerprint density at radius 1 is 1.24 bits per heavy atom. The van der Waals surface area contributed by atoms with Crippen molar-refractivity contribution in [3.63, 3.8) is 0 Å². The minimum Gasteiger partial charge on any atom is -0.326 e. The summed E-state index contributed by atoms with van der Waals surface area (Å²) in [5.74, 6) is 1.41. The monoisotopic (exact) mass is 386 g/mol. The quantitative estimate of drug-likeness (QED) is 0.585. The number of benzene rings is 1. The molecule has 0 saturated heterocycles. The Balaban J connectivity index is 1.31. The van der Waals surface area contributed by atoms with Crippen molar-refractivity contribution in [3.05, 3.63) is 77.8 Å². The van der Waals surface area contributed by atoms with Crippen molar-refractivity contribution in [2.75, 3.05) is 5.32 Å². The molecule has 0 radical (unpaired) electrons. The number of anilines is 1. The Hall–Kier alpha value is -3.48. The highest BCUT2D eigenvalue weighted by molar-refractivity contribution is 5.92. The van der Waals surface area contributed by atoms with Crippen molar-refractivity contribution in [2.45, 2.75) is 38.6 Å². The van der Waals surface area contributed by atoms with Crippen LogP contribution in [0.2, 0.25) is 0 Å². The lowest BCUT2D eigenvalue weighted by Crippen LogP contribution is -2.19. The topological polar surface area (TPSA) is 77.1 Å². The van der Waals surface area contributed by atoms with Crippen molar-refractivity contribution < 1.29 is 4.79 Å². The summed E-state index contributed by atoms with van der Waals surface area (Å²) in [6.07, 6.45) is 5.99. The van der Waals surface area contributed by atoms with E-state index in [2.05, 4.69) is 37.2 Å². The molecule has 0 aliphatic carbocycles. The molecule has 1 N–H and O–H groups in total. The predicted octanol–water partition coefficient (Wildman–Crippen LogP) is 3.15. The van der Waals surface area contributed by atoms with Gasteiger partial charge in [-0.3, -0.25) is 4.79 Å². The van der Waals surface area contributed by atoms with Crippen LogP contribution in [0.15, 0.2) is 55.0 Å². The summed E-state index contributed by atoms with van der Waals surface area (Å²) in [6, 6.07) is 14.0. The Kier molecular flexibility index (Phi) is 4.35. The SMILES string of the molecule is Cc1nc2ccccn2c1CC(=O)Nc1cccc([C@H]2CCc3nncn3C2)c1. The maximum absolute atomic E-state index is 12.7. The van der Waals surface area contributed by atoms with E-state index in [4.69, 9.17) is 0 Å². The lowest BCUT2D eigenvalue weighted by Gasteiger charge is -2.23. The van der Waals surface area contributed by atoms with Crippen LogP contribution in [0, 0.1) is 6.92 Å². The predicted molar refractivity (Wildman–Crippen MR) is 110 cm³/mol. The maximum atomic E-state index is 12.7. The number of carbonyl (C=O) groups excluding carboxylic acids is 1. The lowest BCUT2D eigenvalue weighted by atomic mass is 9.91. The zero-order chi connectivity index (χ0) is 19.8. The van der Waals surface area contributed by atoms with Gasteiger partial charge in [0.25, 0.3) is 0 Å². The van der Waals surface area contributed by atoms with Crippen molar-refractivity contribution >= 4 is 17.2 Å². The molecule has 0 spiro atoms. The molecule has 3 aromatic heterocycles. The van der Waals surface area contributed by atoms with Gasteiger partial charge in [-0.05, 0) is 43.2 Å². The van der Waals surface area contributed by atoms with Crippen LogP contribution < -0.4 is 5.32 Å². The van der Waals surface area contributed by atoms with Crippen molar-refractivity contribution in [3.8, 4) is 0 Å². The molecule has 29 heavy (non-hydrogen) atoms. The maximum Gasteiger partial charge on any atom is 0.230 e. The van der Waals surface area contributed by atoms with Gasteiger partial charge in [0.05, 0.1) is 17.8 Å². The molecule has 0 unspecified atom stereocenters. The van der Waals surface area contributed by atoms with Gasteiger partial charge in [-0.2, -0.15) is 0 Å². The number of pyridine rings is 1. The number of rotatable bonds is 4.